The molecule has 0 aliphatic rings. The van der Waals surface area contributed by atoms with Gasteiger partial charge in [0, 0.05) is 6.20 Å². The fourth-order valence-corrected chi connectivity index (χ4v) is 0.639. The monoisotopic (exact) mass is 137 g/mol. The summed E-state index contributed by atoms with van der Waals surface area (Å²) in [6, 6.07) is 3.58. The number of aromatic nitrogens is 1. The zero-order valence-corrected chi connectivity index (χ0v) is 5.60. The van der Waals surface area contributed by atoms with Crippen LogP contribution in [0.1, 0.15) is 5.56 Å². The Labute approximate surface area is 60.5 Å². The zero-order valence-electron chi connectivity index (χ0n) is 4.84. The predicted molar refractivity (Wildman–Crippen MR) is 38.7 cm³/mol. The number of rotatable bonds is 1. The fraction of sp³-hybridized carbons (Fsp3) is 0.167. The Kier molecular flexibility index (Phi) is 2.12. The lowest BCUT2D eigenvalue weighted by molar-refractivity contribution is 1.25. The van der Waals surface area contributed by atoms with E-state index in [1.807, 2.05) is 6.07 Å². The standard InChI is InChI=1S/C6H5BClN/c7-3-5-1-2-6(8)9-4-5/h1-2,4H,3H2. The van der Waals surface area contributed by atoms with E-state index in [9.17, 15) is 0 Å². The van der Waals surface area contributed by atoms with Crippen molar-refractivity contribution in [2.24, 2.45) is 0 Å². The molecule has 2 radical (unpaired) electrons. The molecule has 0 aromatic carbocycles. The Morgan fingerprint density at radius 2 is 2.33 bits per heavy atom. The quantitative estimate of drug-likeness (QED) is 0.421. The van der Waals surface area contributed by atoms with E-state index in [2.05, 4.69) is 4.98 Å². The van der Waals surface area contributed by atoms with Gasteiger partial charge in [0.2, 0.25) is 0 Å². The van der Waals surface area contributed by atoms with Crippen LogP contribution in [0.15, 0.2) is 18.3 Å². The highest BCUT2D eigenvalue weighted by molar-refractivity contribution is 6.29. The summed E-state index contributed by atoms with van der Waals surface area (Å²) in [7, 11) is 5.32. The minimum atomic E-state index is 0.507. The molecule has 9 heavy (non-hydrogen) atoms. The summed E-state index contributed by atoms with van der Waals surface area (Å²) in [5.74, 6) is 0. The van der Waals surface area contributed by atoms with Crippen LogP contribution in [0.4, 0.5) is 0 Å². The summed E-state index contributed by atoms with van der Waals surface area (Å²) < 4.78 is 0. The van der Waals surface area contributed by atoms with Crippen molar-refractivity contribution in [3.05, 3.63) is 29.0 Å². The first kappa shape index (κ1) is 6.62. The summed E-state index contributed by atoms with van der Waals surface area (Å²) in [4.78, 5) is 3.84. The maximum atomic E-state index is 5.52. The van der Waals surface area contributed by atoms with Crippen LogP contribution in [0, 0.1) is 0 Å². The molecule has 0 saturated heterocycles. The van der Waals surface area contributed by atoms with Gasteiger partial charge in [-0.25, -0.2) is 4.98 Å². The topological polar surface area (TPSA) is 12.9 Å². The Morgan fingerprint density at radius 3 is 2.78 bits per heavy atom. The first-order chi connectivity index (χ1) is 4.33. The Bertz CT molecular complexity index is 185. The summed E-state index contributed by atoms with van der Waals surface area (Å²) in [5, 5.41) is 0.507. The van der Waals surface area contributed by atoms with E-state index in [0.717, 1.165) is 5.56 Å². The van der Waals surface area contributed by atoms with Gasteiger partial charge in [-0.2, -0.15) is 0 Å². The average molecular weight is 137 g/mol. The molecule has 1 aromatic heterocycles. The lowest BCUT2D eigenvalue weighted by atomic mass is 9.99. The molecule has 0 aliphatic carbocycles. The molecular weight excluding hydrogens is 132 g/mol. The van der Waals surface area contributed by atoms with Gasteiger partial charge in [0.15, 0.2) is 0 Å². The molecule has 1 aromatic rings. The molecule has 0 bridgehead atoms. The molecule has 0 fully saturated rings. The van der Waals surface area contributed by atoms with Crippen LogP contribution in [0.2, 0.25) is 5.15 Å². The van der Waals surface area contributed by atoms with Crippen molar-refractivity contribution in [1.82, 2.24) is 4.98 Å². The minimum Gasteiger partial charge on any atom is -0.244 e. The van der Waals surface area contributed by atoms with Crippen molar-refractivity contribution < 1.29 is 0 Å². The summed E-state index contributed by atoms with van der Waals surface area (Å²) in [5.41, 5.74) is 0.999. The molecule has 0 saturated carbocycles. The third kappa shape index (κ3) is 1.72. The van der Waals surface area contributed by atoms with Gasteiger partial charge in [-0.1, -0.05) is 24.0 Å². The molecule has 1 heterocycles. The third-order valence-electron chi connectivity index (χ3n) is 1.02. The second-order valence-electron chi connectivity index (χ2n) is 1.69. The van der Waals surface area contributed by atoms with Crippen molar-refractivity contribution in [3.8, 4) is 0 Å². The van der Waals surface area contributed by atoms with Gasteiger partial charge in [-0.3, -0.25) is 0 Å². The number of halogens is 1. The molecule has 3 heteroatoms. The van der Waals surface area contributed by atoms with Crippen LogP contribution in [0.25, 0.3) is 0 Å². The normalized spacial score (nSPS) is 9.44. The molecule has 0 N–H and O–H groups in total. The average Bonchev–Trinajstić information content (AvgIpc) is 1.90. The summed E-state index contributed by atoms with van der Waals surface area (Å²) in [6.45, 7) is 0. The van der Waals surface area contributed by atoms with E-state index >= 15 is 0 Å². The van der Waals surface area contributed by atoms with Crippen LogP contribution in [-0.2, 0) is 6.32 Å². The van der Waals surface area contributed by atoms with Crippen LogP contribution in [-0.4, -0.2) is 12.8 Å². The molecule has 0 unspecified atom stereocenters. The number of pyridine rings is 1. The van der Waals surface area contributed by atoms with Crippen LogP contribution >= 0.6 is 11.6 Å². The molecule has 0 spiro atoms. The number of hydrogen-bond acceptors (Lipinski definition) is 1. The van der Waals surface area contributed by atoms with E-state index in [4.69, 9.17) is 19.4 Å². The molecule has 44 valence electrons. The van der Waals surface area contributed by atoms with E-state index < -0.39 is 0 Å². The lowest BCUT2D eigenvalue weighted by Gasteiger charge is -1.92. The van der Waals surface area contributed by atoms with Gasteiger partial charge in [0.1, 0.15) is 5.15 Å². The van der Waals surface area contributed by atoms with Gasteiger partial charge in [0.25, 0.3) is 0 Å². The van der Waals surface area contributed by atoms with Crippen molar-refractivity contribution in [1.29, 1.82) is 0 Å². The van der Waals surface area contributed by atoms with E-state index in [-0.39, 0.29) is 0 Å². The molecule has 0 atom stereocenters. The van der Waals surface area contributed by atoms with Crippen molar-refractivity contribution in [2.45, 2.75) is 6.32 Å². The number of hydrogen-bond donors (Lipinski definition) is 0. The molecule has 1 rings (SSSR count). The van der Waals surface area contributed by atoms with Gasteiger partial charge < -0.3 is 0 Å². The second-order valence-corrected chi connectivity index (χ2v) is 2.08. The van der Waals surface area contributed by atoms with Crippen LogP contribution < -0.4 is 0 Å². The third-order valence-corrected chi connectivity index (χ3v) is 1.25. The highest BCUT2D eigenvalue weighted by Gasteiger charge is 1.87. The fourth-order valence-electron chi connectivity index (χ4n) is 0.527. The first-order valence-corrected chi connectivity index (χ1v) is 3.01. The predicted octanol–water partition coefficient (Wildman–Crippen LogP) is 1.40. The first-order valence-electron chi connectivity index (χ1n) is 2.63. The smallest absolute Gasteiger partial charge is 0.129 e. The zero-order chi connectivity index (χ0) is 6.69. The minimum absolute atomic E-state index is 0.507. The Balaban J connectivity index is 2.88. The summed E-state index contributed by atoms with van der Waals surface area (Å²) >= 11 is 5.52. The van der Waals surface area contributed by atoms with Gasteiger partial charge in [0.05, 0.1) is 7.85 Å². The van der Waals surface area contributed by atoms with E-state index in [0.29, 0.717) is 11.5 Å². The maximum absolute atomic E-state index is 5.52. The van der Waals surface area contributed by atoms with E-state index in [1.54, 1.807) is 12.3 Å². The van der Waals surface area contributed by atoms with Gasteiger partial charge in [-0.05, 0) is 11.6 Å². The van der Waals surface area contributed by atoms with Crippen LogP contribution in [0.3, 0.4) is 0 Å². The highest BCUT2D eigenvalue weighted by Crippen LogP contribution is 2.03. The molecule has 1 nitrogen and oxygen atoms in total. The summed E-state index contributed by atoms with van der Waals surface area (Å²) in [6.07, 6.45) is 2.19. The number of nitrogens with zero attached hydrogens (tertiary/aromatic N) is 1. The van der Waals surface area contributed by atoms with Crippen molar-refractivity contribution >= 4 is 19.4 Å². The molecular formula is C6H5BClN. The van der Waals surface area contributed by atoms with Crippen molar-refractivity contribution in [3.63, 3.8) is 0 Å². The lowest BCUT2D eigenvalue weighted by Crippen LogP contribution is -1.83. The van der Waals surface area contributed by atoms with Gasteiger partial charge in [-0.15, -0.1) is 0 Å². The maximum Gasteiger partial charge on any atom is 0.129 e. The largest absolute Gasteiger partial charge is 0.244 e. The van der Waals surface area contributed by atoms with E-state index in [1.165, 1.54) is 0 Å². The molecule has 0 aliphatic heterocycles. The Morgan fingerprint density at radius 1 is 1.56 bits per heavy atom. The van der Waals surface area contributed by atoms with Crippen molar-refractivity contribution in [2.75, 3.05) is 0 Å². The second kappa shape index (κ2) is 2.88. The Hall–Kier alpha value is -0.495. The SMILES string of the molecule is [B]Cc1ccc(Cl)nc1. The molecule has 0 amide bonds. The van der Waals surface area contributed by atoms with Crippen LogP contribution in [0.5, 0.6) is 0 Å². The highest BCUT2D eigenvalue weighted by atomic mass is 35.5. The van der Waals surface area contributed by atoms with Gasteiger partial charge >= 0.3 is 0 Å².